The van der Waals surface area contributed by atoms with Gasteiger partial charge in [-0.05, 0) is 12.3 Å². The van der Waals surface area contributed by atoms with Crippen LogP contribution in [-0.4, -0.2) is 36.2 Å². The molecule has 0 amide bonds. The number of aliphatic hydroxyl groups is 1. The Hall–Kier alpha value is -1.00. The van der Waals surface area contributed by atoms with Crippen molar-refractivity contribution in [2.24, 2.45) is 5.92 Å². The predicted octanol–water partition coefficient (Wildman–Crippen LogP) is 1.95. The highest BCUT2D eigenvalue weighted by molar-refractivity contribution is 6.33. The zero-order valence-corrected chi connectivity index (χ0v) is 9.67. The number of anilines is 1. The van der Waals surface area contributed by atoms with Crippen LogP contribution in [0.25, 0.3) is 0 Å². The van der Waals surface area contributed by atoms with Crippen LogP contribution in [0.4, 0.5) is 5.69 Å². The van der Waals surface area contributed by atoms with Crippen LogP contribution in [0.5, 0.6) is 5.88 Å². The minimum atomic E-state index is -3.02. The molecule has 0 bridgehead atoms. The number of methoxy groups -OCH3 is 1. The third-order valence-corrected chi connectivity index (χ3v) is 2.51. The average molecular weight is 267 g/mol. The van der Waals surface area contributed by atoms with Crippen LogP contribution in [0, 0.1) is 5.92 Å². The van der Waals surface area contributed by atoms with Crippen LogP contribution in [0.2, 0.25) is 5.02 Å². The van der Waals surface area contributed by atoms with Crippen molar-refractivity contribution in [1.82, 2.24) is 4.98 Å². The van der Waals surface area contributed by atoms with Gasteiger partial charge in [0.2, 0.25) is 5.88 Å². The first-order valence-corrected chi connectivity index (χ1v) is 5.18. The highest BCUT2D eigenvalue weighted by Crippen LogP contribution is 2.31. The molecule has 2 atom stereocenters. The van der Waals surface area contributed by atoms with Crippen LogP contribution in [0.3, 0.4) is 0 Å². The second-order valence-electron chi connectivity index (χ2n) is 3.43. The summed E-state index contributed by atoms with van der Waals surface area (Å²) in [5.41, 5.74) is -0.645. The van der Waals surface area contributed by atoms with E-state index in [4.69, 9.17) is 25.3 Å². The fourth-order valence-corrected chi connectivity index (χ4v) is 1.48. The smallest absolute Gasteiger partial charge is 0.215 e. The molecule has 17 heavy (non-hydrogen) atoms. The maximum absolute atomic E-state index is 10.1. The summed E-state index contributed by atoms with van der Waals surface area (Å²) in [5, 5.41) is 9.52. The Balaban J connectivity index is 2.75. The standard InChI is InChI=1S/C12H17ClN2O2/c1-8-7-15(4-3-11(8)16)10-5-12(17-2)14-6-9(10)13/h5-6,8,11,16H,3-4,7H2,1-2H3/i2D3,4D2,5D,6D,7D2,11D. The SMILES string of the molecule is [2H]c1nc(OC([2H])([2H])[2H])c([2H])c(N2C([2H])([2H])CC([2H])(O)C(C)C2([2H])[2H])c1Cl. The number of halogens is 1. The lowest BCUT2D eigenvalue weighted by molar-refractivity contribution is 0.0971. The van der Waals surface area contributed by atoms with Crippen LogP contribution >= 0.6 is 11.6 Å². The lowest BCUT2D eigenvalue weighted by Gasteiger charge is -2.36. The van der Waals surface area contributed by atoms with Crippen molar-refractivity contribution >= 4 is 17.3 Å². The maximum atomic E-state index is 10.1. The molecule has 2 heterocycles. The number of nitrogens with zero attached hydrogens (tertiary/aromatic N) is 2. The summed E-state index contributed by atoms with van der Waals surface area (Å²) in [6.45, 7) is -4.23. The summed E-state index contributed by atoms with van der Waals surface area (Å²) in [4.78, 5) is 3.90. The molecule has 4 nitrogen and oxygen atoms in total. The number of hydrogen-bond donors (Lipinski definition) is 1. The van der Waals surface area contributed by atoms with Crippen molar-refractivity contribution in [3.8, 4) is 5.88 Å². The molecule has 2 rings (SSSR count). The van der Waals surface area contributed by atoms with E-state index >= 15 is 0 Å². The molecular formula is C12H17ClN2O2. The summed E-state index contributed by atoms with van der Waals surface area (Å²) in [5.74, 6) is -2.29. The Kier molecular flexibility index (Phi) is 1.48. The van der Waals surface area contributed by atoms with Crippen LogP contribution in [-0.2, 0) is 0 Å². The monoisotopic (exact) mass is 266 g/mol. The first kappa shape index (κ1) is 4.94. The van der Waals surface area contributed by atoms with Crippen LogP contribution in [0.1, 0.15) is 27.1 Å². The van der Waals surface area contributed by atoms with E-state index in [1.807, 2.05) is 0 Å². The molecule has 1 aromatic heterocycles. The lowest BCUT2D eigenvalue weighted by Crippen LogP contribution is -2.42. The molecule has 0 radical (unpaired) electrons. The van der Waals surface area contributed by atoms with Gasteiger partial charge in [0.25, 0.3) is 0 Å². The van der Waals surface area contributed by atoms with Crippen molar-refractivity contribution in [3.05, 3.63) is 17.2 Å². The van der Waals surface area contributed by atoms with E-state index in [0.29, 0.717) is 4.90 Å². The average Bonchev–Trinajstić information content (AvgIpc) is 2.44. The van der Waals surface area contributed by atoms with E-state index in [1.165, 1.54) is 6.92 Å². The molecule has 0 saturated carbocycles. The van der Waals surface area contributed by atoms with Crippen molar-refractivity contribution in [3.63, 3.8) is 0 Å². The van der Waals surface area contributed by atoms with Crippen molar-refractivity contribution in [2.75, 3.05) is 24.9 Å². The first-order valence-electron chi connectivity index (χ1n) is 9.80. The number of rotatable bonds is 2. The second kappa shape index (κ2) is 5.10. The number of aromatic nitrogens is 1. The van der Waals surface area contributed by atoms with Crippen molar-refractivity contribution in [2.45, 2.75) is 19.4 Å². The van der Waals surface area contributed by atoms with E-state index in [-0.39, 0.29) is 0 Å². The van der Waals surface area contributed by atoms with Gasteiger partial charge in [0.1, 0.15) is 0 Å². The van der Waals surface area contributed by atoms with Gasteiger partial charge >= 0.3 is 0 Å². The zero-order chi connectivity index (χ0) is 21.2. The third-order valence-electron chi connectivity index (χ3n) is 2.25. The van der Waals surface area contributed by atoms with Gasteiger partial charge in [0.05, 0.1) is 38.2 Å². The van der Waals surface area contributed by atoms with Crippen molar-refractivity contribution < 1.29 is 23.6 Å². The zero-order valence-electron chi connectivity index (χ0n) is 18.9. The van der Waals surface area contributed by atoms with E-state index in [2.05, 4.69) is 9.72 Å². The largest absolute Gasteiger partial charge is 0.481 e. The Morgan fingerprint density at radius 3 is 3.47 bits per heavy atom. The molecule has 0 aromatic carbocycles. The molecule has 94 valence electrons. The first-order chi connectivity index (χ1) is 11.9. The van der Waals surface area contributed by atoms with Gasteiger partial charge in [-0.3, -0.25) is 0 Å². The molecule has 2 unspecified atom stereocenters. The Morgan fingerprint density at radius 2 is 2.71 bits per heavy atom. The summed E-state index contributed by atoms with van der Waals surface area (Å²) >= 11 is 6.00. The highest BCUT2D eigenvalue weighted by Gasteiger charge is 2.25. The van der Waals surface area contributed by atoms with E-state index in [0.717, 1.165) is 0 Å². The molecular weight excluding hydrogens is 240 g/mol. The summed E-state index contributed by atoms with van der Waals surface area (Å²) in [7, 11) is -3.02. The molecule has 5 heteroatoms. The van der Waals surface area contributed by atoms with E-state index in [1.54, 1.807) is 0 Å². The van der Waals surface area contributed by atoms with Crippen LogP contribution in [0.15, 0.2) is 12.2 Å². The summed E-state index contributed by atoms with van der Waals surface area (Å²) in [6, 6.07) is -0.831. The van der Waals surface area contributed by atoms with Gasteiger partial charge in [-0.1, -0.05) is 18.5 Å². The molecule has 1 aliphatic heterocycles. The molecule has 1 saturated heterocycles. The normalized spacial score (nSPS) is 44.4. The maximum Gasteiger partial charge on any atom is 0.215 e. The molecule has 1 N–H and O–H groups in total. The number of ether oxygens (including phenoxy) is 1. The summed E-state index contributed by atoms with van der Waals surface area (Å²) < 4.78 is 82.4. The third kappa shape index (κ3) is 2.64. The van der Waals surface area contributed by atoms with Gasteiger partial charge in [0.15, 0.2) is 0 Å². The quantitative estimate of drug-likeness (QED) is 0.889. The highest BCUT2D eigenvalue weighted by atomic mass is 35.5. The van der Waals surface area contributed by atoms with Gasteiger partial charge in [-0.15, -0.1) is 0 Å². The van der Waals surface area contributed by atoms with Gasteiger partial charge < -0.3 is 14.7 Å². The topological polar surface area (TPSA) is 45.6 Å². The molecule has 0 spiro atoms. The van der Waals surface area contributed by atoms with E-state index < -0.39 is 67.3 Å². The molecule has 0 aliphatic carbocycles. The number of hydrogen-bond acceptors (Lipinski definition) is 4. The minimum Gasteiger partial charge on any atom is -0.481 e. The fourth-order valence-electron chi connectivity index (χ4n) is 1.31. The van der Waals surface area contributed by atoms with E-state index in [9.17, 15) is 5.11 Å². The molecule has 1 aromatic rings. The van der Waals surface area contributed by atoms with Crippen molar-refractivity contribution in [1.29, 1.82) is 0 Å². The molecule has 1 aliphatic rings. The van der Waals surface area contributed by atoms with Gasteiger partial charge in [-0.2, -0.15) is 0 Å². The second-order valence-corrected chi connectivity index (χ2v) is 3.81. The number of piperidine rings is 1. The van der Waals surface area contributed by atoms with Gasteiger partial charge in [-0.25, -0.2) is 4.98 Å². The van der Waals surface area contributed by atoms with Gasteiger partial charge in [0, 0.05) is 24.5 Å². The predicted molar refractivity (Wildman–Crippen MR) is 67.8 cm³/mol. The Labute approximate surface area is 120 Å². The minimum absolute atomic E-state index is 0.435. The molecule has 1 fully saturated rings. The summed E-state index contributed by atoms with van der Waals surface area (Å²) in [6.07, 6.45) is -4.04. The van der Waals surface area contributed by atoms with Crippen LogP contribution < -0.4 is 9.64 Å². The number of pyridine rings is 1. The lowest BCUT2D eigenvalue weighted by atomic mass is 9.96. The Morgan fingerprint density at radius 1 is 1.88 bits per heavy atom. The fraction of sp³-hybridized carbons (Fsp3) is 0.583. The Bertz CT molecular complexity index is 755.